The fraction of sp³-hybridized carbons (Fsp3) is 0.389. The number of aromatic nitrogens is 2. The summed E-state index contributed by atoms with van der Waals surface area (Å²) in [5.41, 5.74) is 0.295. The van der Waals surface area contributed by atoms with Crippen molar-refractivity contribution in [1.29, 1.82) is 0 Å². The number of ether oxygens (including phenoxy) is 2. The lowest BCUT2D eigenvalue weighted by atomic mass is 10.2. The van der Waals surface area contributed by atoms with Crippen LogP contribution in [0.4, 0.5) is 0 Å². The Morgan fingerprint density at radius 1 is 1.32 bits per heavy atom. The van der Waals surface area contributed by atoms with Gasteiger partial charge in [0.2, 0.25) is 0 Å². The monoisotopic (exact) mass is 345 g/mol. The van der Waals surface area contributed by atoms with E-state index < -0.39 is 5.97 Å². The van der Waals surface area contributed by atoms with Gasteiger partial charge in [-0.05, 0) is 31.3 Å². The van der Waals surface area contributed by atoms with Crippen LogP contribution in [0.2, 0.25) is 0 Å². The Morgan fingerprint density at radius 2 is 2.08 bits per heavy atom. The molecule has 0 unspecified atom stereocenters. The predicted octanol–water partition coefficient (Wildman–Crippen LogP) is 1.76. The van der Waals surface area contributed by atoms with Gasteiger partial charge in [-0.2, -0.15) is 0 Å². The number of likely N-dealkylation sites (N-methyl/N-ethyl adjacent to an activating group) is 1. The molecule has 0 aliphatic heterocycles. The van der Waals surface area contributed by atoms with Crippen LogP contribution in [0.5, 0.6) is 5.75 Å². The zero-order chi connectivity index (χ0) is 18.2. The molecule has 2 rings (SSSR count). The molecule has 0 fully saturated rings. The van der Waals surface area contributed by atoms with E-state index in [0.29, 0.717) is 23.3 Å². The first-order valence-electron chi connectivity index (χ1n) is 8.21. The van der Waals surface area contributed by atoms with Gasteiger partial charge in [-0.15, -0.1) is 0 Å². The Hall–Kier alpha value is -2.67. The molecule has 134 valence electrons. The van der Waals surface area contributed by atoms with E-state index in [-0.39, 0.29) is 5.56 Å². The molecule has 0 aliphatic carbocycles. The van der Waals surface area contributed by atoms with Gasteiger partial charge < -0.3 is 14.4 Å². The van der Waals surface area contributed by atoms with Crippen LogP contribution >= 0.6 is 0 Å². The van der Waals surface area contributed by atoms with Crippen molar-refractivity contribution in [2.45, 2.75) is 13.8 Å². The highest BCUT2D eigenvalue weighted by Gasteiger charge is 2.06. The molecule has 0 saturated carbocycles. The topological polar surface area (TPSA) is 73.7 Å². The molecule has 0 radical (unpaired) electrons. The lowest BCUT2D eigenvalue weighted by Crippen LogP contribution is -2.27. The van der Waals surface area contributed by atoms with Gasteiger partial charge in [0.05, 0.1) is 18.0 Å². The standard InChI is InChI=1S/C18H23N3O4/c1-4-20(5-2)10-11-25-14-6-7-16-15(12-14)18(23)21(13-19-16)9-8-17(22)24-3/h6-9,12-13H,4-5,10-11H2,1-3H3. The third kappa shape index (κ3) is 4.90. The minimum Gasteiger partial charge on any atom is -0.492 e. The van der Waals surface area contributed by atoms with Crippen LogP contribution in [-0.4, -0.2) is 53.8 Å². The predicted molar refractivity (Wildman–Crippen MR) is 96.6 cm³/mol. The molecule has 0 saturated heterocycles. The fourth-order valence-corrected chi connectivity index (χ4v) is 2.35. The fourth-order valence-electron chi connectivity index (χ4n) is 2.35. The molecule has 0 amide bonds. The van der Waals surface area contributed by atoms with Crippen molar-refractivity contribution in [3.8, 4) is 5.75 Å². The van der Waals surface area contributed by atoms with Crippen LogP contribution in [0.25, 0.3) is 17.1 Å². The Kier molecular flexibility index (Phi) is 6.71. The zero-order valence-electron chi connectivity index (χ0n) is 14.8. The average molecular weight is 345 g/mol. The van der Waals surface area contributed by atoms with Gasteiger partial charge in [0.25, 0.3) is 5.56 Å². The number of esters is 1. The summed E-state index contributed by atoms with van der Waals surface area (Å²) in [6, 6.07) is 5.22. The number of carbonyl (C=O) groups is 1. The molecule has 1 aromatic heterocycles. The molecular formula is C18H23N3O4. The summed E-state index contributed by atoms with van der Waals surface area (Å²) >= 11 is 0. The summed E-state index contributed by atoms with van der Waals surface area (Å²) < 4.78 is 11.5. The van der Waals surface area contributed by atoms with Crippen LogP contribution in [-0.2, 0) is 9.53 Å². The largest absolute Gasteiger partial charge is 0.492 e. The van der Waals surface area contributed by atoms with E-state index in [4.69, 9.17) is 4.74 Å². The number of benzene rings is 1. The number of rotatable bonds is 8. The number of carbonyl (C=O) groups excluding carboxylic acids is 1. The van der Waals surface area contributed by atoms with E-state index >= 15 is 0 Å². The summed E-state index contributed by atoms with van der Waals surface area (Å²) in [6.45, 7) is 7.52. The second kappa shape index (κ2) is 8.98. The molecule has 0 aliphatic rings. The molecule has 25 heavy (non-hydrogen) atoms. The first-order chi connectivity index (χ1) is 12.1. The third-order valence-electron chi connectivity index (χ3n) is 3.90. The Labute approximate surface area is 146 Å². The van der Waals surface area contributed by atoms with Gasteiger partial charge in [0.1, 0.15) is 18.7 Å². The zero-order valence-corrected chi connectivity index (χ0v) is 14.8. The quantitative estimate of drug-likeness (QED) is 0.536. The minimum absolute atomic E-state index is 0.278. The van der Waals surface area contributed by atoms with Crippen molar-refractivity contribution >= 4 is 23.1 Å². The maximum absolute atomic E-state index is 12.5. The van der Waals surface area contributed by atoms with Crippen LogP contribution in [0.15, 0.2) is 35.4 Å². The van der Waals surface area contributed by atoms with E-state index in [1.807, 2.05) is 0 Å². The maximum atomic E-state index is 12.5. The van der Waals surface area contributed by atoms with Gasteiger partial charge in [-0.25, -0.2) is 9.78 Å². The van der Waals surface area contributed by atoms with Gasteiger partial charge >= 0.3 is 5.97 Å². The Morgan fingerprint density at radius 3 is 2.76 bits per heavy atom. The van der Waals surface area contributed by atoms with Crippen molar-refractivity contribution in [2.75, 3.05) is 33.4 Å². The summed E-state index contributed by atoms with van der Waals surface area (Å²) in [7, 11) is 1.27. The highest BCUT2D eigenvalue weighted by atomic mass is 16.5. The highest BCUT2D eigenvalue weighted by Crippen LogP contribution is 2.16. The van der Waals surface area contributed by atoms with Gasteiger partial charge in [-0.3, -0.25) is 9.36 Å². The van der Waals surface area contributed by atoms with E-state index in [1.54, 1.807) is 18.2 Å². The van der Waals surface area contributed by atoms with Gasteiger partial charge in [0.15, 0.2) is 0 Å². The molecule has 1 aromatic carbocycles. The highest BCUT2D eigenvalue weighted by molar-refractivity contribution is 5.85. The van der Waals surface area contributed by atoms with E-state index in [9.17, 15) is 9.59 Å². The van der Waals surface area contributed by atoms with E-state index in [2.05, 4.69) is 28.5 Å². The first kappa shape index (κ1) is 18.7. The molecule has 0 N–H and O–H groups in total. The van der Waals surface area contributed by atoms with Crippen LogP contribution < -0.4 is 10.3 Å². The molecule has 0 spiro atoms. The summed E-state index contributed by atoms with van der Waals surface area (Å²) in [4.78, 5) is 30.2. The lowest BCUT2D eigenvalue weighted by molar-refractivity contribution is -0.134. The van der Waals surface area contributed by atoms with Crippen molar-refractivity contribution in [2.24, 2.45) is 0 Å². The number of nitrogens with zero attached hydrogens (tertiary/aromatic N) is 3. The maximum Gasteiger partial charge on any atom is 0.331 e. The van der Waals surface area contributed by atoms with Crippen LogP contribution in [0.1, 0.15) is 13.8 Å². The number of hydrogen-bond acceptors (Lipinski definition) is 6. The average Bonchev–Trinajstić information content (AvgIpc) is 2.64. The van der Waals surface area contributed by atoms with Crippen LogP contribution in [0, 0.1) is 0 Å². The smallest absolute Gasteiger partial charge is 0.331 e. The van der Waals surface area contributed by atoms with Crippen molar-refractivity contribution < 1.29 is 14.3 Å². The molecule has 0 atom stereocenters. The van der Waals surface area contributed by atoms with Crippen molar-refractivity contribution in [3.05, 3.63) is 41.0 Å². The van der Waals surface area contributed by atoms with Crippen molar-refractivity contribution in [1.82, 2.24) is 14.5 Å². The van der Waals surface area contributed by atoms with E-state index in [1.165, 1.54) is 30.3 Å². The van der Waals surface area contributed by atoms with Gasteiger partial charge in [-0.1, -0.05) is 13.8 Å². The third-order valence-corrected chi connectivity index (χ3v) is 3.90. The Bertz CT molecular complexity index is 810. The molecular weight excluding hydrogens is 322 g/mol. The van der Waals surface area contributed by atoms with Crippen LogP contribution in [0.3, 0.4) is 0 Å². The van der Waals surface area contributed by atoms with Gasteiger partial charge in [0, 0.05) is 18.8 Å². The molecule has 7 nitrogen and oxygen atoms in total. The second-order valence-corrected chi connectivity index (χ2v) is 5.35. The van der Waals surface area contributed by atoms with Crippen molar-refractivity contribution in [3.63, 3.8) is 0 Å². The normalized spacial score (nSPS) is 11.4. The molecule has 2 aromatic rings. The molecule has 7 heteroatoms. The SMILES string of the molecule is CCN(CC)CCOc1ccc2ncn(C=CC(=O)OC)c(=O)c2c1. The Balaban J connectivity index is 2.20. The summed E-state index contributed by atoms with van der Waals surface area (Å²) in [6.07, 6.45) is 3.86. The summed E-state index contributed by atoms with van der Waals surface area (Å²) in [5, 5.41) is 0.428. The number of fused-ring (bicyclic) bond motifs is 1. The lowest BCUT2D eigenvalue weighted by Gasteiger charge is -2.18. The minimum atomic E-state index is -0.541. The van der Waals surface area contributed by atoms with E-state index in [0.717, 1.165) is 19.6 Å². The first-order valence-corrected chi connectivity index (χ1v) is 8.21. The molecule has 1 heterocycles. The molecule has 0 bridgehead atoms. The second-order valence-electron chi connectivity index (χ2n) is 5.35. The number of hydrogen-bond donors (Lipinski definition) is 0. The number of methoxy groups -OCH3 is 1. The summed E-state index contributed by atoms with van der Waals surface area (Å²) in [5.74, 6) is 0.0775.